The normalized spacial score (nSPS) is 15.7. The van der Waals surface area contributed by atoms with Gasteiger partial charge in [0, 0.05) is 43.3 Å². The Morgan fingerprint density at radius 3 is 2.47 bits per heavy atom. The number of anilines is 1. The van der Waals surface area contributed by atoms with E-state index >= 15 is 0 Å². The molecule has 1 saturated heterocycles. The summed E-state index contributed by atoms with van der Waals surface area (Å²) in [5.41, 5.74) is 2.40. The summed E-state index contributed by atoms with van der Waals surface area (Å²) in [6.45, 7) is 7.46. The van der Waals surface area contributed by atoms with Gasteiger partial charge >= 0.3 is 0 Å². The Morgan fingerprint density at radius 1 is 1.21 bits per heavy atom. The molecule has 0 unspecified atom stereocenters. The molecule has 1 heterocycles. The van der Waals surface area contributed by atoms with Crippen molar-refractivity contribution in [1.29, 1.82) is 0 Å². The molecule has 1 amide bonds. The van der Waals surface area contributed by atoms with Crippen molar-refractivity contribution in [2.75, 3.05) is 31.1 Å². The highest BCUT2D eigenvalue weighted by molar-refractivity contribution is 6.31. The van der Waals surface area contributed by atoms with E-state index in [0.29, 0.717) is 6.42 Å². The summed E-state index contributed by atoms with van der Waals surface area (Å²) < 4.78 is 0. The molecule has 1 aromatic rings. The van der Waals surface area contributed by atoms with Crippen LogP contribution in [-0.4, -0.2) is 37.0 Å². The van der Waals surface area contributed by atoms with Gasteiger partial charge in [0.25, 0.3) is 0 Å². The lowest BCUT2D eigenvalue weighted by Crippen LogP contribution is -2.48. The predicted octanol–water partition coefficient (Wildman–Crippen LogP) is 2.96. The van der Waals surface area contributed by atoms with E-state index in [1.807, 2.05) is 17.9 Å². The van der Waals surface area contributed by atoms with E-state index in [4.69, 9.17) is 11.6 Å². The van der Waals surface area contributed by atoms with Crippen LogP contribution in [0.25, 0.3) is 0 Å². The minimum atomic E-state index is 0.255. The lowest BCUT2D eigenvalue weighted by molar-refractivity contribution is -0.131. The number of hydrogen-bond acceptors (Lipinski definition) is 2. The van der Waals surface area contributed by atoms with Gasteiger partial charge in [0.2, 0.25) is 5.91 Å². The number of benzene rings is 1. The second kappa shape index (κ2) is 6.29. The summed E-state index contributed by atoms with van der Waals surface area (Å²) in [5, 5.41) is 0.839. The van der Waals surface area contributed by atoms with Crippen molar-refractivity contribution in [2.24, 2.45) is 0 Å². The van der Waals surface area contributed by atoms with Crippen LogP contribution < -0.4 is 4.90 Å². The highest BCUT2D eigenvalue weighted by Crippen LogP contribution is 2.24. The summed E-state index contributed by atoms with van der Waals surface area (Å²) in [6.07, 6.45) is 1.54. The van der Waals surface area contributed by atoms with Crippen molar-refractivity contribution in [3.8, 4) is 0 Å². The number of carbonyl (C=O) groups is 1. The van der Waals surface area contributed by atoms with Gasteiger partial charge in [0.15, 0.2) is 0 Å². The Labute approximate surface area is 120 Å². The van der Waals surface area contributed by atoms with Gasteiger partial charge in [-0.2, -0.15) is 0 Å². The van der Waals surface area contributed by atoms with E-state index in [2.05, 4.69) is 24.0 Å². The van der Waals surface area contributed by atoms with Gasteiger partial charge in [-0.25, -0.2) is 0 Å². The van der Waals surface area contributed by atoms with Crippen LogP contribution in [0.5, 0.6) is 0 Å². The Balaban J connectivity index is 2.03. The Bertz CT molecular complexity index is 453. The van der Waals surface area contributed by atoms with Gasteiger partial charge in [-0.15, -0.1) is 0 Å². The Hall–Kier alpha value is -1.22. The Morgan fingerprint density at radius 2 is 1.89 bits per heavy atom. The van der Waals surface area contributed by atoms with Crippen LogP contribution in [-0.2, 0) is 11.2 Å². The first-order chi connectivity index (χ1) is 9.15. The number of hydrogen-bond donors (Lipinski definition) is 0. The van der Waals surface area contributed by atoms with Crippen LogP contribution in [0, 0.1) is 0 Å². The van der Waals surface area contributed by atoms with E-state index in [0.717, 1.165) is 37.6 Å². The average molecular weight is 281 g/mol. The van der Waals surface area contributed by atoms with Crippen molar-refractivity contribution >= 4 is 23.2 Å². The van der Waals surface area contributed by atoms with Crippen molar-refractivity contribution in [3.63, 3.8) is 0 Å². The first-order valence-corrected chi connectivity index (χ1v) is 7.34. The molecule has 19 heavy (non-hydrogen) atoms. The van der Waals surface area contributed by atoms with E-state index in [1.54, 1.807) is 0 Å². The SMILES string of the molecule is CCC(=O)N1CCN(c2ccc(Cl)c(CC)c2)CC1. The van der Waals surface area contributed by atoms with Crippen LogP contribution in [0.15, 0.2) is 18.2 Å². The second-order valence-corrected chi connectivity index (χ2v) is 5.26. The average Bonchev–Trinajstić information content (AvgIpc) is 2.47. The molecular formula is C15H21ClN2O. The number of rotatable bonds is 3. The van der Waals surface area contributed by atoms with Crippen LogP contribution >= 0.6 is 11.6 Å². The third kappa shape index (κ3) is 3.21. The highest BCUT2D eigenvalue weighted by Gasteiger charge is 2.20. The van der Waals surface area contributed by atoms with Gasteiger partial charge in [-0.1, -0.05) is 25.4 Å². The molecule has 104 valence electrons. The lowest BCUT2D eigenvalue weighted by Gasteiger charge is -2.36. The molecule has 0 saturated carbocycles. The van der Waals surface area contributed by atoms with E-state index in [1.165, 1.54) is 11.3 Å². The van der Waals surface area contributed by atoms with E-state index in [9.17, 15) is 4.79 Å². The molecule has 0 aromatic heterocycles. The molecule has 0 aliphatic carbocycles. The fraction of sp³-hybridized carbons (Fsp3) is 0.533. The zero-order chi connectivity index (χ0) is 13.8. The Kier molecular flexibility index (Phi) is 4.70. The summed E-state index contributed by atoms with van der Waals surface area (Å²) in [7, 11) is 0. The maximum atomic E-state index is 11.6. The minimum Gasteiger partial charge on any atom is -0.368 e. The number of amides is 1. The molecule has 0 radical (unpaired) electrons. The molecule has 1 aliphatic heterocycles. The number of carbonyl (C=O) groups excluding carboxylic acids is 1. The fourth-order valence-corrected chi connectivity index (χ4v) is 2.72. The maximum Gasteiger partial charge on any atom is 0.222 e. The van der Waals surface area contributed by atoms with Crippen LogP contribution in [0.3, 0.4) is 0 Å². The van der Waals surface area contributed by atoms with Crippen molar-refractivity contribution in [1.82, 2.24) is 4.90 Å². The largest absolute Gasteiger partial charge is 0.368 e. The zero-order valence-corrected chi connectivity index (χ0v) is 12.4. The number of halogens is 1. The zero-order valence-electron chi connectivity index (χ0n) is 11.7. The van der Waals surface area contributed by atoms with Crippen molar-refractivity contribution in [2.45, 2.75) is 26.7 Å². The summed E-state index contributed by atoms with van der Waals surface area (Å²) in [6, 6.07) is 6.21. The topological polar surface area (TPSA) is 23.6 Å². The molecule has 4 heteroatoms. The quantitative estimate of drug-likeness (QED) is 0.850. The van der Waals surface area contributed by atoms with Crippen LogP contribution in [0.1, 0.15) is 25.8 Å². The van der Waals surface area contributed by atoms with Gasteiger partial charge < -0.3 is 9.80 Å². The van der Waals surface area contributed by atoms with Crippen LogP contribution in [0.2, 0.25) is 5.02 Å². The fourth-order valence-electron chi connectivity index (χ4n) is 2.47. The summed E-state index contributed by atoms with van der Waals surface area (Å²) in [4.78, 5) is 15.9. The molecule has 0 bridgehead atoms. The number of nitrogens with zero attached hydrogens (tertiary/aromatic N) is 2. The predicted molar refractivity (Wildman–Crippen MR) is 79.9 cm³/mol. The summed E-state index contributed by atoms with van der Waals surface area (Å²) >= 11 is 6.15. The molecule has 2 rings (SSSR count). The summed E-state index contributed by atoms with van der Waals surface area (Å²) in [5.74, 6) is 0.255. The molecular weight excluding hydrogens is 260 g/mol. The highest BCUT2D eigenvalue weighted by atomic mass is 35.5. The lowest BCUT2D eigenvalue weighted by atomic mass is 10.1. The smallest absolute Gasteiger partial charge is 0.222 e. The molecule has 0 spiro atoms. The molecule has 1 aromatic carbocycles. The second-order valence-electron chi connectivity index (χ2n) is 4.85. The number of aryl methyl sites for hydroxylation is 1. The van der Waals surface area contributed by atoms with Gasteiger partial charge in [0.1, 0.15) is 0 Å². The van der Waals surface area contributed by atoms with Crippen molar-refractivity contribution in [3.05, 3.63) is 28.8 Å². The molecule has 1 aliphatic rings. The van der Waals surface area contributed by atoms with Gasteiger partial charge in [-0.3, -0.25) is 4.79 Å². The maximum absolute atomic E-state index is 11.6. The standard InChI is InChI=1S/C15H21ClN2O/c1-3-12-11-13(5-6-14(12)16)17-7-9-18(10-8-17)15(19)4-2/h5-6,11H,3-4,7-10H2,1-2H3. The molecule has 0 atom stereocenters. The van der Waals surface area contributed by atoms with Crippen LogP contribution in [0.4, 0.5) is 5.69 Å². The van der Waals surface area contributed by atoms with Crippen molar-refractivity contribution < 1.29 is 4.79 Å². The van der Waals surface area contributed by atoms with E-state index < -0.39 is 0 Å². The third-order valence-electron chi connectivity index (χ3n) is 3.71. The first-order valence-electron chi connectivity index (χ1n) is 6.96. The van der Waals surface area contributed by atoms with Gasteiger partial charge in [-0.05, 0) is 30.2 Å². The third-order valence-corrected chi connectivity index (χ3v) is 4.08. The molecule has 0 N–H and O–H groups in total. The number of piperazine rings is 1. The molecule has 3 nitrogen and oxygen atoms in total. The monoisotopic (exact) mass is 280 g/mol. The molecule has 1 fully saturated rings. The van der Waals surface area contributed by atoms with Gasteiger partial charge in [0.05, 0.1) is 0 Å². The van der Waals surface area contributed by atoms with E-state index in [-0.39, 0.29) is 5.91 Å². The first kappa shape index (κ1) is 14.2. The minimum absolute atomic E-state index is 0.255.